The van der Waals surface area contributed by atoms with Crippen LogP contribution in [0, 0.1) is 0 Å². The van der Waals surface area contributed by atoms with Crippen LogP contribution in [0.25, 0.3) is 0 Å². The van der Waals surface area contributed by atoms with Crippen LogP contribution < -0.4 is 0 Å². The fourth-order valence-electron chi connectivity index (χ4n) is 0.621. The van der Waals surface area contributed by atoms with E-state index < -0.39 is 0 Å². The van der Waals surface area contributed by atoms with Gasteiger partial charge in [0.2, 0.25) is 0 Å². The molecule has 0 saturated heterocycles. The number of allylic oxidation sites excluding steroid dienone is 6. The fourth-order valence-corrected chi connectivity index (χ4v) is 0.621. The van der Waals surface area contributed by atoms with Gasteiger partial charge in [-0.15, -0.1) is 0 Å². The van der Waals surface area contributed by atoms with Gasteiger partial charge in [-0.25, -0.2) is 0 Å². The van der Waals surface area contributed by atoms with Crippen LogP contribution in [0.2, 0.25) is 0 Å². The highest BCUT2D eigenvalue weighted by Crippen LogP contribution is 2.04. The third-order valence-electron chi connectivity index (χ3n) is 2.04. The molecular formula is C13H22BO. The molecule has 83 valence electrons. The molecule has 0 aliphatic carbocycles. The molecule has 0 aliphatic heterocycles. The molecule has 0 rings (SSSR count). The first-order valence-electron chi connectivity index (χ1n) is 4.45. The lowest BCUT2D eigenvalue weighted by Crippen LogP contribution is -1.89. The van der Waals surface area contributed by atoms with Gasteiger partial charge in [-0.3, -0.25) is 4.79 Å². The summed E-state index contributed by atoms with van der Waals surface area (Å²) in [6, 6.07) is 0. The lowest BCUT2D eigenvalue weighted by molar-refractivity contribution is -0.113. The Labute approximate surface area is 96.5 Å². The van der Waals surface area contributed by atoms with Gasteiger partial charge in [0.15, 0.2) is 5.78 Å². The Morgan fingerprint density at radius 2 is 1.47 bits per heavy atom. The Hall–Kier alpha value is -1.05. The Morgan fingerprint density at radius 1 is 1.00 bits per heavy atom. The topological polar surface area (TPSA) is 17.1 Å². The summed E-state index contributed by atoms with van der Waals surface area (Å²) in [5.74, 6) is 0.125. The van der Waals surface area contributed by atoms with Crippen molar-refractivity contribution >= 4 is 14.2 Å². The van der Waals surface area contributed by atoms with E-state index in [1.54, 1.807) is 6.92 Å². The lowest BCUT2D eigenvalue weighted by Gasteiger charge is -1.94. The van der Waals surface area contributed by atoms with E-state index in [2.05, 4.69) is 20.8 Å². The standard InChI is InChI=1S/C12H18O.CH4.B/c1-9(2)10(3)7-6-8-11(4)12(5)13;;/h6-8H,1-5H3;1H4;/b7-6+,11-8+;;. The van der Waals surface area contributed by atoms with Crippen LogP contribution in [-0.2, 0) is 4.79 Å². The summed E-state index contributed by atoms with van der Waals surface area (Å²) in [5.41, 5.74) is 3.33. The minimum absolute atomic E-state index is 0. The molecule has 0 spiro atoms. The van der Waals surface area contributed by atoms with Crippen molar-refractivity contribution in [2.24, 2.45) is 0 Å². The number of carbonyl (C=O) groups is 1. The second kappa shape index (κ2) is 9.51. The van der Waals surface area contributed by atoms with Gasteiger partial charge >= 0.3 is 0 Å². The summed E-state index contributed by atoms with van der Waals surface area (Å²) < 4.78 is 0. The molecule has 0 aromatic rings. The second-order valence-corrected chi connectivity index (χ2v) is 3.45. The molecule has 0 aromatic carbocycles. The van der Waals surface area contributed by atoms with E-state index in [0.29, 0.717) is 0 Å². The van der Waals surface area contributed by atoms with E-state index in [0.717, 1.165) is 5.57 Å². The van der Waals surface area contributed by atoms with Crippen molar-refractivity contribution in [1.82, 2.24) is 0 Å². The molecule has 0 N–H and O–H groups in total. The minimum atomic E-state index is 0. The van der Waals surface area contributed by atoms with Crippen molar-refractivity contribution < 1.29 is 4.79 Å². The monoisotopic (exact) mass is 205 g/mol. The van der Waals surface area contributed by atoms with Gasteiger partial charge in [0.25, 0.3) is 0 Å². The molecule has 0 aliphatic rings. The predicted molar refractivity (Wildman–Crippen MR) is 70.1 cm³/mol. The summed E-state index contributed by atoms with van der Waals surface area (Å²) in [6.45, 7) is 9.60. The molecule has 15 heavy (non-hydrogen) atoms. The molecular weight excluding hydrogens is 183 g/mol. The average Bonchev–Trinajstić information content (AvgIpc) is 2.03. The molecule has 3 radical (unpaired) electrons. The van der Waals surface area contributed by atoms with Crippen LogP contribution in [0.4, 0.5) is 0 Å². The first kappa shape index (κ1) is 19.5. The smallest absolute Gasteiger partial charge is 0.155 e. The van der Waals surface area contributed by atoms with E-state index in [4.69, 9.17) is 0 Å². The maximum atomic E-state index is 10.8. The normalized spacial score (nSPS) is 10.3. The molecule has 0 saturated carbocycles. The first-order valence-corrected chi connectivity index (χ1v) is 4.45. The summed E-state index contributed by atoms with van der Waals surface area (Å²) in [5, 5.41) is 0. The summed E-state index contributed by atoms with van der Waals surface area (Å²) in [7, 11) is 0. The highest BCUT2D eigenvalue weighted by Gasteiger charge is 1.91. The maximum Gasteiger partial charge on any atom is 0.155 e. The van der Waals surface area contributed by atoms with Crippen LogP contribution in [-0.4, -0.2) is 14.2 Å². The Balaban J connectivity index is -0.000000720. The zero-order chi connectivity index (χ0) is 10.4. The first-order chi connectivity index (χ1) is 5.95. The van der Waals surface area contributed by atoms with Crippen molar-refractivity contribution in [3.05, 3.63) is 34.9 Å². The SMILES string of the molecule is C.CC(=O)/C(C)=C/C=C/C(C)=C(C)C.[B]. The third kappa shape index (κ3) is 9.26. The Bertz CT molecular complexity index is 279. The predicted octanol–water partition coefficient (Wildman–Crippen LogP) is 3.69. The maximum absolute atomic E-state index is 10.8. The minimum Gasteiger partial charge on any atom is -0.295 e. The molecule has 0 fully saturated rings. The molecule has 0 heterocycles. The van der Waals surface area contributed by atoms with E-state index in [1.807, 2.05) is 25.2 Å². The van der Waals surface area contributed by atoms with E-state index >= 15 is 0 Å². The largest absolute Gasteiger partial charge is 0.295 e. The second-order valence-electron chi connectivity index (χ2n) is 3.45. The summed E-state index contributed by atoms with van der Waals surface area (Å²) in [6.07, 6.45) is 5.77. The molecule has 0 amide bonds. The molecule has 1 nitrogen and oxygen atoms in total. The van der Waals surface area contributed by atoms with Crippen LogP contribution in [0.15, 0.2) is 34.9 Å². The number of rotatable bonds is 3. The van der Waals surface area contributed by atoms with Crippen LogP contribution in [0.5, 0.6) is 0 Å². The molecule has 0 bridgehead atoms. The van der Waals surface area contributed by atoms with Crippen LogP contribution >= 0.6 is 0 Å². The highest BCUT2D eigenvalue weighted by molar-refractivity contribution is 5.92. The quantitative estimate of drug-likeness (QED) is 0.390. The van der Waals surface area contributed by atoms with Gasteiger partial charge < -0.3 is 0 Å². The molecule has 0 unspecified atom stereocenters. The third-order valence-corrected chi connectivity index (χ3v) is 2.04. The van der Waals surface area contributed by atoms with E-state index in [1.165, 1.54) is 11.1 Å². The number of ketones is 1. The van der Waals surface area contributed by atoms with Gasteiger partial charge in [-0.05, 0) is 40.2 Å². The zero-order valence-corrected chi connectivity index (χ0v) is 9.72. The van der Waals surface area contributed by atoms with Crippen molar-refractivity contribution in [1.29, 1.82) is 0 Å². The van der Waals surface area contributed by atoms with Crippen molar-refractivity contribution in [2.45, 2.75) is 42.0 Å². The van der Waals surface area contributed by atoms with Crippen molar-refractivity contribution in [3.8, 4) is 0 Å². The Kier molecular flexibility index (Phi) is 12.4. The highest BCUT2D eigenvalue weighted by atomic mass is 16.1. The summed E-state index contributed by atoms with van der Waals surface area (Å²) >= 11 is 0. The van der Waals surface area contributed by atoms with Gasteiger partial charge in [0, 0.05) is 8.41 Å². The van der Waals surface area contributed by atoms with Gasteiger partial charge in [-0.1, -0.05) is 36.8 Å². The number of carbonyl (C=O) groups excluding carboxylic acids is 1. The van der Waals surface area contributed by atoms with E-state index in [-0.39, 0.29) is 21.6 Å². The van der Waals surface area contributed by atoms with Gasteiger partial charge in [0.1, 0.15) is 0 Å². The van der Waals surface area contributed by atoms with Gasteiger partial charge in [0.05, 0.1) is 0 Å². The zero-order valence-electron chi connectivity index (χ0n) is 9.72. The average molecular weight is 205 g/mol. The number of Topliss-reactive ketones (excluding diaryl/α,β-unsaturated/α-hetero) is 1. The van der Waals surface area contributed by atoms with E-state index in [9.17, 15) is 4.79 Å². The number of hydrogen-bond donors (Lipinski definition) is 0. The molecule has 0 atom stereocenters. The summed E-state index contributed by atoms with van der Waals surface area (Å²) in [4.78, 5) is 10.8. The van der Waals surface area contributed by atoms with Crippen LogP contribution in [0.1, 0.15) is 42.0 Å². The van der Waals surface area contributed by atoms with Crippen molar-refractivity contribution in [2.75, 3.05) is 0 Å². The lowest BCUT2D eigenvalue weighted by atomic mass is 10.1. The van der Waals surface area contributed by atoms with Gasteiger partial charge in [-0.2, -0.15) is 0 Å². The number of hydrogen-bond acceptors (Lipinski definition) is 1. The molecule has 0 aromatic heterocycles. The fraction of sp³-hybridized carbons (Fsp3) is 0.462. The molecule has 2 heteroatoms. The van der Waals surface area contributed by atoms with Crippen LogP contribution in [0.3, 0.4) is 0 Å². The Morgan fingerprint density at radius 3 is 1.80 bits per heavy atom. The van der Waals surface area contributed by atoms with Crippen molar-refractivity contribution in [3.63, 3.8) is 0 Å².